The summed E-state index contributed by atoms with van der Waals surface area (Å²) >= 11 is 0. The molecule has 0 radical (unpaired) electrons. The van der Waals surface area contributed by atoms with Crippen molar-refractivity contribution in [2.45, 2.75) is 219 Å². The van der Waals surface area contributed by atoms with Crippen LogP contribution >= 0.6 is 0 Å². The molecule has 0 aliphatic carbocycles. The van der Waals surface area contributed by atoms with Crippen LogP contribution in [-0.4, -0.2) is 75.5 Å². The van der Waals surface area contributed by atoms with Crippen molar-refractivity contribution in [1.82, 2.24) is 0 Å². The molecule has 352 valence electrons. The minimum atomic E-state index is -1.13. The molecule has 0 amide bonds. The van der Waals surface area contributed by atoms with Crippen molar-refractivity contribution in [3.05, 3.63) is 60.8 Å². The molecule has 61 heavy (non-hydrogen) atoms. The molecule has 0 aromatic carbocycles. The zero-order chi connectivity index (χ0) is 44.9. The third kappa shape index (κ3) is 42.1. The molecule has 0 fully saturated rings. The first-order chi connectivity index (χ1) is 29.6. The van der Waals surface area contributed by atoms with E-state index in [1.807, 2.05) is 0 Å². The molecule has 0 rings (SSSR count). The zero-order valence-corrected chi connectivity index (χ0v) is 40.1. The number of likely N-dealkylation sites (N-methyl/N-ethyl adjacent to an activating group) is 1. The highest BCUT2D eigenvalue weighted by Crippen LogP contribution is 2.14. The van der Waals surface area contributed by atoms with E-state index < -0.39 is 18.1 Å². The van der Waals surface area contributed by atoms with Gasteiger partial charge in [0.2, 0.25) is 0 Å². The molecule has 2 atom stereocenters. The number of carboxylic acids is 1. The maximum Gasteiger partial charge on any atom is 0.306 e. The quantitative estimate of drug-likeness (QED) is 0.0260. The van der Waals surface area contributed by atoms with Gasteiger partial charge in [-0.05, 0) is 77.0 Å². The Morgan fingerprint density at radius 1 is 0.508 bits per heavy atom. The molecule has 0 saturated carbocycles. The molecule has 0 N–H and O–H groups in total. The fraction of sp³-hybridized carbons (Fsp3) is 0.755. The molecule has 0 spiro atoms. The highest BCUT2D eigenvalue weighted by atomic mass is 16.6. The van der Waals surface area contributed by atoms with Gasteiger partial charge in [-0.15, -0.1) is 0 Å². The predicted octanol–water partition coefficient (Wildman–Crippen LogP) is 12.8. The van der Waals surface area contributed by atoms with Crippen molar-refractivity contribution in [3.63, 3.8) is 0 Å². The Balaban J connectivity index is 4.31. The Labute approximate surface area is 375 Å². The maximum absolute atomic E-state index is 12.8. The Morgan fingerprint density at radius 3 is 1.38 bits per heavy atom. The summed E-state index contributed by atoms with van der Waals surface area (Å²) in [5.41, 5.74) is 0. The van der Waals surface area contributed by atoms with Gasteiger partial charge in [0.15, 0.2) is 6.10 Å². The van der Waals surface area contributed by atoms with Crippen LogP contribution in [-0.2, 0) is 28.6 Å². The highest BCUT2D eigenvalue weighted by Gasteiger charge is 2.25. The molecule has 0 bridgehead atoms. The number of carbonyl (C=O) groups is 3. The minimum Gasteiger partial charge on any atom is -0.544 e. The van der Waals surface area contributed by atoms with Gasteiger partial charge in [-0.2, -0.15) is 0 Å². The number of hydrogen-bond donors (Lipinski definition) is 0. The summed E-state index contributed by atoms with van der Waals surface area (Å²) in [6.07, 6.45) is 53.9. The Bertz CT molecular complexity index is 1180. The second-order valence-corrected chi connectivity index (χ2v) is 17.7. The SMILES string of the molecule is CC/C=C/C/C=C/C/C=C/C/C=C/CCCCCCCCC(=O)OCC(COCCC(C(=O)[O-])[N+](C)(C)C)OC(=O)CCCCCCC/C=C/CCCCCCCCCCC. The molecule has 8 nitrogen and oxygen atoms in total. The summed E-state index contributed by atoms with van der Waals surface area (Å²) in [7, 11) is 5.40. The van der Waals surface area contributed by atoms with E-state index in [4.69, 9.17) is 14.2 Å². The van der Waals surface area contributed by atoms with Gasteiger partial charge in [-0.1, -0.05) is 171 Å². The summed E-state index contributed by atoms with van der Waals surface area (Å²) < 4.78 is 17.2. The van der Waals surface area contributed by atoms with Crippen LogP contribution in [0.2, 0.25) is 0 Å². The number of quaternary nitrogens is 1. The van der Waals surface area contributed by atoms with Crippen molar-refractivity contribution in [3.8, 4) is 0 Å². The molecule has 0 saturated heterocycles. The lowest BCUT2D eigenvalue weighted by atomic mass is 10.1. The van der Waals surface area contributed by atoms with Crippen LogP contribution in [0, 0.1) is 0 Å². The molecular formula is C53H93NO7. The van der Waals surface area contributed by atoms with E-state index in [1.54, 1.807) is 21.1 Å². The van der Waals surface area contributed by atoms with Crippen LogP contribution in [0.4, 0.5) is 0 Å². The number of esters is 2. The van der Waals surface area contributed by atoms with E-state index in [0.717, 1.165) is 89.9 Å². The number of hydrogen-bond acceptors (Lipinski definition) is 7. The number of ether oxygens (including phenoxy) is 3. The van der Waals surface area contributed by atoms with E-state index in [-0.39, 0.29) is 42.7 Å². The van der Waals surface area contributed by atoms with Gasteiger partial charge in [-0.3, -0.25) is 9.59 Å². The number of rotatable bonds is 44. The summed E-state index contributed by atoms with van der Waals surface area (Å²) in [5, 5.41) is 11.7. The molecule has 8 heteroatoms. The average Bonchev–Trinajstić information content (AvgIpc) is 3.22. The lowest BCUT2D eigenvalue weighted by Gasteiger charge is -2.34. The van der Waals surface area contributed by atoms with Gasteiger partial charge in [0.05, 0.1) is 40.3 Å². The second-order valence-electron chi connectivity index (χ2n) is 17.7. The third-order valence-corrected chi connectivity index (χ3v) is 10.9. The molecule has 0 aliphatic heterocycles. The van der Waals surface area contributed by atoms with Gasteiger partial charge in [0.1, 0.15) is 12.6 Å². The van der Waals surface area contributed by atoms with E-state index in [1.165, 1.54) is 83.5 Å². The molecular weight excluding hydrogens is 763 g/mol. The van der Waals surface area contributed by atoms with E-state index >= 15 is 0 Å². The number of carboxylic acid groups (broad SMARTS) is 1. The fourth-order valence-electron chi connectivity index (χ4n) is 7.06. The molecule has 0 aromatic heterocycles. The molecule has 0 aliphatic rings. The van der Waals surface area contributed by atoms with Gasteiger partial charge in [0, 0.05) is 19.3 Å². The lowest BCUT2D eigenvalue weighted by molar-refractivity contribution is -0.889. The molecule has 0 aromatic rings. The fourth-order valence-corrected chi connectivity index (χ4v) is 7.06. The standard InChI is InChI=1S/C53H93NO7/c1-6-8-10-12-14-16-18-20-22-24-26-28-29-31-33-35-37-39-41-43-51(55)60-48-49(47-59-46-45-50(53(57)58)54(3,4)5)61-52(56)44-42-40-38-36-34-32-30-27-25-23-21-19-17-15-13-11-9-7-2/h8,10,14,16,20,22,26-28,30,49-50H,6-7,9,11-13,15,17-19,21,23-25,29,31-48H2,1-5H3/b10-8+,16-14+,22-20+,28-26+,30-27+. The zero-order valence-electron chi connectivity index (χ0n) is 40.1. The number of nitrogens with zero attached hydrogens (tertiary/aromatic N) is 1. The van der Waals surface area contributed by atoms with E-state index in [2.05, 4.69) is 74.6 Å². The lowest BCUT2D eigenvalue weighted by Crippen LogP contribution is -2.55. The summed E-state index contributed by atoms with van der Waals surface area (Å²) in [4.78, 5) is 37.0. The van der Waals surface area contributed by atoms with Crippen LogP contribution in [0.1, 0.15) is 206 Å². The first kappa shape index (κ1) is 58.0. The normalized spacial score (nSPS) is 13.4. The minimum absolute atomic E-state index is 0.0312. The highest BCUT2D eigenvalue weighted by molar-refractivity contribution is 5.70. The van der Waals surface area contributed by atoms with Gasteiger partial charge in [0.25, 0.3) is 0 Å². The first-order valence-corrected chi connectivity index (χ1v) is 24.8. The van der Waals surface area contributed by atoms with Crippen LogP contribution in [0.5, 0.6) is 0 Å². The molecule has 0 heterocycles. The summed E-state index contributed by atoms with van der Waals surface area (Å²) in [5.74, 6) is -1.76. The number of allylic oxidation sites excluding steroid dienone is 10. The first-order valence-electron chi connectivity index (χ1n) is 24.8. The topological polar surface area (TPSA) is 102 Å². The number of aliphatic carboxylic acids is 1. The average molecular weight is 856 g/mol. The van der Waals surface area contributed by atoms with Gasteiger partial charge < -0.3 is 28.6 Å². The van der Waals surface area contributed by atoms with Crippen molar-refractivity contribution in [2.75, 3.05) is 41.0 Å². The molecule has 2 unspecified atom stereocenters. The van der Waals surface area contributed by atoms with Crippen LogP contribution < -0.4 is 5.11 Å². The van der Waals surface area contributed by atoms with Gasteiger partial charge >= 0.3 is 11.9 Å². The number of carbonyl (C=O) groups excluding carboxylic acids is 3. The monoisotopic (exact) mass is 856 g/mol. The Hall–Kier alpha value is -2.97. The largest absolute Gasteiger partial charge is 0.544 e. The second kappa shape index (κ2) is 43.7. The van der Waals surface area contributed by atoms with Crippen LogP contribution in [0.15, 0.2) is 60.8 Å². The van der Waals surface area contributed by atoms with E-state index in [0.29, 0.717) is 12.8 Å². The van der Waals surface area contributed by atoms with Crippen molar-refractivity contribution < 1.29 is 38.2 Å². The van der Waals surface area contributed by atoms with Crippen LogP contribution in [0.25, 0.3) is 0 Å². The van der Waals surface area contributed by atoms with Crippen LogP contribution in [0.3, 0.4) is 0 Å². The van der Waals surface area contributed by atoms with Gasteiger partial charge in [-0.25, -0.2) is 0 Å². The predicted molar refractivity (Wildman–Crippen MR) is 254 cm³/mol. The van der Waals surface area contributed by atoms with Crippen molar-refractivity contribution >= 4 is 17.9 Å². The summed E-state index contributed by atoms with van der Waals surface area (Å²) in [6.45, 7) is 4.54. The summed E-state index contributed by atoms with van der Waals surface area (Å²) in [6, 6.07) is -0.732. The van der Waals surface area contributed by atoms with E-state index in [9.17, 15) is 19.5 Å². The van der Waals surface area contributed by atoms with Crippen molar-refractivity contribution in [1.29, 1.82) is 0 Å². The smallest absolute Gasteiger partial charge is 0.306 e. The number of unbranched alkanes of at least 4 members (excludes halogenated alkanes) is 20. The van der Waals surface area contributed by atoms with Crippen molar-refractivity contribution in [2.24, 2.45) is 0 Å². The Kier molecular flexibility index (Phi) is 41.5. The third-order valence-electron chi connectivity index (χ3n) is 10.9. The maximum atomic E-state index is 12.8. The Morgan fingerprint density at radius 2 is 0.918 bits per heavy atom.